The van der Waals surface area contributed by atoms with Gasteiger partial charge in [0.1, 0.15) is 5.76 Å². The normalized spacial score (nSPS) is 18.0. The minimum atomic E-state index is 0.439. The second-order valence-electron chi connectivity index (χ2n) is 4.92. The maximum Gasteiger partial charge on any atom is 0.208 e. The van der Waals surface area contributed by atoms with E-state index in [-0.39, 0.29) is 0 Å². The first-order valence-electron chi connectivity index (χ1n) is 6.48. The maximum atomic E-state index is 5.59. The monoisotopic (exact) mass is 242 g/mol. The van der Waals surface area contributed by atoms with Gasteiger partial charge >= 0.3 is 0 Å². The van der Waals surface area contributed by atoms with Crippen molar-refractivity contribution in [3.05, 3.63) is 52.7 Å². The third-order valence-corrected chi connectivity index (χ3v) is 3.71. The quantitative estimate of drug-likeness (QED) is 0.899. The van der Waals surface area contributed by atoms with E-state index in [1.54, 1.807) is 0 Å². The highest BCUT2D eigenvalue weighted by Gasteiger charge is 2.21. The molecule has 0 amide bonds. The van der Waals surface area contributed by atoms with Crippen molar-refractivity contribution in [3.8, 4) is 0 Å². The molecule has 1 heterocycles. The molecule has 1 atom stereocenters. The molecule has 1 N–H and O–H groups in total. The van der Waals surface area contributed by atoms with Gasteiger partial charge in [-0.15, -0.1) is 0 Å². The predicted molar refractivity (Wildman–Crippen MR) is 70.3 cm³/mol. The second kappa shape index (κ2) is 4.58. The summed E-state index contributed by atoms with van der Waals surface area (Å²) in [5, 5.41) is 3.54. The van der Waals surface area contributed by atoms with E-state index in [1.807, 2.05) is 13.8 Å². The number of benzene rings is 1. The fourth-order valence-corrected chi connectivity index (χ4v) is 2.59. The zero-order valence-electron chi connectivity index (χ0n) is 10.9. The second-order valence-corrected chi connectivity index (χ2v) is 4.92. The van der Waals surface area contributed by atoms with E-state index in [9.17, 15) is 0 Å². The van der Waals surface area contributed by atoms with Gasteiger partial charge in [0.25, 0.3) is 0 Å². The summed E-state index contributed by atoms with van der Waals surface area (Å²) >= 11 is 0. The molecule has 0 fully saturated rings. The lowest BCUT2D eigenvalue weighted by Gasteiger charge is -2.12. The molecular weight excluding hydrogens is 224 g/mol. The molecule has 0 aliphatic heterocycles. The van der Waals surface area contributed by atoms with Gasteiger partial charge in [-0.05, 0) is 37.8 Å². The molecule has 2 aromatic rings. The number of hydrogen-bond acceptors (Lipinski definition) is 3. The van der Waals surface area contributed by atoms with Gasteiger partial charge in [-0.25, -0.2) is 4.98 Å². The number of nitrogens with one attached hydrogen (secondary N) is 1. The molecule has 0 spiro atoms. The Kier molecular flexibility index (Phi) is 2.92. The van der Waals surface area contributed by atoms with Crippen LogP contribution < -0.4 is 5.32 Å². The highest BCUT2D eigenvalue weighted by Crippen LogP contribution is 2.30. The lowest BCUT2D eigenvalue weighted by atomic mass is 10.1. The van der Waals surface area contributed by atoms with Crippen molar-refractivity contribution in [3.63, 3.8) is 0 Å². The third kappa shape index (κ3) is 2.06. The standard InChI is InChI=1S/C15H18N2O/c1-10-11(2)18-15(17-10)9-16-14-8-7-12-5-3-4-6-13(12)14/h3-6,14,16H,7-9H2,1-2H3. The Labute approximate surface area is 107 Å². The molecule has 3 heteroatoms. The van der Waals surface area contributed by atoms with Crippen molar-refractivity contribution < 1.29 is 4.42 Å². The van der Waals surface area contributed by atoms with Gasteiger partial charge in [0, 0.05) is 6.04 Å². The first-order valence-corrected chi connectivity index (χ1v) is 6.48. The van der Waals surface area contributed by atoms with Gasteiger partial charge < -0.3 is 9.73 Å². The molecule has 1 aliphatic rings. The number of aromatic nitrogens is 1. The molecule has 3 nitrogen and oxygen atoms in total. The van der Waals surface area contributed by atoms with Crippen LogP contribution in [-0.2, 0) is 13.0 Å². The van der Waals surface area contributed by atoms with Crippen LogP contribution in [0.4, 0.5) is 0 Å². The Morgan fingerprint density at radius 1 is 1.33 bits per heavy atom. The molecule has 0 saturated heterocycles. The molecule has 1 aromatic carbocycles. The van der Waals surface area contributed by atoms with Crippen LogP contribution in [0.5, 0.6) is 0 Å². The number of hydrogen-bond donors (Lipinski definition) is 1. The summed E-state index contributed by atoms with van der Waals surface area (Å²) < 4.78 is 5.59. The van der Waals surface area contributed by atoms with Crippen LogP contribution in [0, 0.1) is 13.8 Å². The topological polar surface area (TPSA) is 38.1 Å². The van der Waals surface area contributed by atoms with Gasteiger partial charge in [-0.3, -0.25) is 0 Å². The van der Waals surface area contributed by atoms with E-state index in [4.69, 9.17) is 4.42 Å². The van der Waals surface area contributed by atoms with E-state index in [2.05, 4.69) is 34.6 Å². The third-order valence-electron chi connectivity index (χ3n) is 3.71. The average molecular weight is 242 g/mol. The summed E-state index contributed by atoms with van der Waals surface area (Å²) in [5.74, 6) is 1.70. The van der Waals surface area contributed by atoms with Crippen LogP contribution >= 0.6 is 0 Å². The lowest BCUT2D eigenvalue weighted by molar-refractivity contribution is 0.423. The summed E-state index contributed by atoms with van der Waals surface area (Å²) in [6.07, 6.45) is 2.33. The van der Waals surface area contributed by atoms with E-state index < -0.39 is 0 Å². The van der Waals surface area contributed by atoms with Crippen molar-refractivity contribution in [1.29, 1.82) is 0 Å². The van der Waals surface area contributed by atoms with Crippen LogP contribution in [0.1, 0.15) is 40.9 Å². The van der Waals surface area contributed by atoms with Crippen LogP contribution in [-0.4, -0.2) is 4.98 Å². The number of aryl methyl sites for hydroxylation is 3. The Morgan fingerprint density at radius 2 is 2.17 bits per heavy atom. The van der Waals surface area contributed by atoms with Crippen LogP contribution in [0.2, 0.25) is 0 Å². The van der Waals surface area contributed by atoms with E-state index >= 15 is 0 Å². The van der Waals surface area contributed by atoms with Gasteiger partial charge in [0.2, 0.25) is 5.89 Å². The summed E-state index contributed by atoms with van der Waals surface area (Å²) in [7, 11) is 0. The lowest BCUT2D eigenvalue weighted by Crippen LogP contribution is -2.18. The highest BCUT2D eigenvalue weighted by molar-refractivity contribution is 5.34. The van der Waals surface area contributed by atoms with Crippen LogP contribution in [0.15, 0.2) is 28.7 Å². The predicted octanol–water partition coefficient (Wildman–Crippen LogP) is 3.07. The smallest absolute Gasteiger partial charge is 0.208 e. The van der Waals surface area contributed by atoms with Crippen molar-refractivity contribution in [2.24, 2.45) is 0 Å². The van der Waals surface area contributed by atoms with Crippen molar-refractivity contribution >= 4 is 0 Å². The SMILES string of the molecule is Cc1nc(CNC2CCc3ccccc32)oc1C. The van der Waals surface area contributed by atoms with E-state index in [0.29, 0.717) is 12.6 Å². The van der Waals surface area contributed by atoms with Gasteiger partial charge in [0.05, 0.1) is 12.2 Å². The molecule has 0 saturated carbocycles. The van der Waals surface area contributed by atoms with Crippen LogP contribution in [0.3, 0.4) is 0 Å². The fraction of sp³-hybridized carbons (Fsp3) is 0.400. The van der Waals surface area contributed by atoms with Gasteiger partial charge in [-0.2, -0.15) is 0 Å². The first kappa shape index (κ1) is 11.5. The largest absolute Gasteiger partial charge is 0.444 e. The van der Waals surface area contributed by atoms with Gasteiger partial charge in [0.15, 0.2) is 0 Å². The summed E-state index contributed by atoms with van der Waals surface area (Å²) in [6, 6.07) is 9.09. The molecule has 3 rings (SSSR count). The maximum absolute atomic E-state index is 5.59. The van der Waals surface area contributed by atoms with Crippen LogP contribution in [0.25, 0.3) is 0 Å². The van der Waals surface area contributed by atoms with Gasteiger partial charge in [-0.1, -0.05) is 24.3 Å². The molecule has 1 unspecified atom stereocenters. The van der Waals surface area contributed by atoms with E-state index in [1.165, 1.54) is 11.1 Å². The number of fused-ring (bicyclic) bond motifs is 1. The number of rotatable bonds is 3. The first-order chi connectivity index (χ1) is 8.74. The fourth-order valence-electron chi connectivity index (χ4n) is 2.59. The Morgan fingerprint density at radius 3 is 2.94 bits per heavy atom. The summed E-state index contributed by atoms with van der Waals surface area (Å²) in [4.78, 5) is 4.40. The summed E-state index contributed by atoms with van der Waals surface area (Å²) in [6.45, 7) is 4.64. The van der Waals surface area contributed by atoms with Crippen molar-refractivity contribution in [1.82, 2.24) is 10.3 Å². The average Bonchev–Trinajstić information content (AvgIpc) is 2.92. The number of oxazole rings is 1. The minimum Gasteiger partial charge on any atom is -0.444 e. The Bertz CT molecular complexity index is 540. The van der Waals surface area contributed by atoms with E-state index in [0.717, 1.165) is 30.2 Å². The van der Waals surface area contributed by atoms with Crippen molar-refractivity contribution in [2.45, 2.75) is 39.3 Å². The number of nitrogens with zero attached hydrogens (tertiary/aromatic N) is 1. The molecular formula is C15H18N2O. The molecule has 1 aliphatic carbocycles. The Hall–Kier alpha value is -1.61. The minimum absolute atomic E-state index is 0.439. The molecule has 0 bridgehead atoms. The summed E-state index contributed by atoms with van der Waals surface area (Å²) in [5.41, 5.74) is 3.88. The molecule has 1 aromatic heterocycles. The van der Waals surface area contributed by atoms with Crippen molar-refractivity contribution in [2.75, 3.05) is 0 Å². The zero-order chi connectivity index (χ0) is 12.5. The highest BCUT2D eigenvalue weighted by atomic mass is 16.4. The zero-order valence-corrected chi connectivity index (χ0v) is 10.9. The molecule has 0 radical (unpaired) electrons. The molecule has 18 heavy (non-hydrogen) atoms. The molecule has 94 valence electrons. The Balaban J connectivity index is 1.68.